The van der Waals surface area contributed by atoms with Gasteiger partial charge in [-0.2, -0.15) is 0 Å². The molecule has 9 N–H and O–H groups in total. The topological polar surface area (TPSA) is 195 Å². The molecule has 4 aromatic rings. The highest BCUT2D eigenvalue weighted by Gasteiger charge is 2.30. The summed E-state index contributed by atoms with van der Waals surface area (Å²) in [7, 11) is 0. The molecule has 0 unspecified atom stereocenters. The predicted octanol–water partition coefficient (Wildman–Crippen LogP) is 2.09. The predicted molar refractivity (Wildman–Crippen MR) is 86.2 cm³/mol. The van der Waals surface area contributed by atoms with E-state index in [1.54, 1.807) is 0 Å². The van der Waals surface area contributed by atoms with Gasteiger partial charge in [-0.05, 0) is 0 Å². The van der Waals surface area contributed by atoms with Gasteiger partial charge in [0.1, 0.15) is 0 Å². The summed E-state index contributed by atoms with van der Waals surface area (Å²) in [6.07, 6.45) is 0. The number of rotatable bonds is 0. The lowest BCUT2D eigenvalue weighted by atomic mass is 9.98. The van der Waals surface area contributed by atoms with E-state index >= 15 is 0 Å². The highest BCUT2D eigenvalue weighted by molar-refractivity contribution is 6.28. The molecule has 0 amide bonds. The van der Waals surface area contributed by atoms with Crippen molar-refractivity contribution in [3.63, 3.8) is 0 Å². The smallest absolute Gasteiger partial charge is 0.205 e. The van der Waals surface area contributed by atoms with Crippen molar-refractivity contribution in [3.8, 4) is 51.7 Å². The number of hydrogen-bond donors (Lipinski definition) is 9. The fraction of sp³-hybridized carbons (Fsp3) is 0. The minimum atomic E-state index is -1.16. The normalized spacial score (nSPS) is 11.7. The highest BCUT2D eigenvalue weighted by atomic mass is 16.4. The maximum atomic E-state index is 10.2. The minimum absolute atomic E-state index is 0.350. The number of phenols is 9. The lowest BCUT2D eigenvalue weighted by Crippen LogP contribution is -1.84. The van der Waals surface area contributed by atoms with E-state index in [2.05, 4.69) is 0 Å². The van der Waals surface area contributed by atoms with Gasteiger partial charge in [0.05, 0.1) is 10.8 Å². The van der Waals surface area contributed by atoms with Crippen molar-refractivity contribution >= 4 is 32.7 Å². The van der Waals surface area contributed by atoms with Gasteiger partial charge in [-0.25, -0.2) is 0 Å². The van der Waals surface area contributed by atoms with Crippen LogP contribution in [0.2, 0.25) is 0 Å². The van der Waals surface area contributed by atoms with Crippen LogP contribution in [0.4, 0.5) is 0 Å². The second-order valence-electron chi connectivity index (χ2n) is 5.62. The molecule has 0 aliphatic rings. The first-order valence-electron chi connectivity index (χ1n) is 7.00. The number of benzene rings is 3. The third-order valence-corrected chi connectivity index (χ3v) is 4.22. The zero-order valence-corrected chi connectivity index (χ0v) is 12.5. The van der Waals surface area contributed by atoms with Crippen LogP contribution < -0.4 is 0 Å². The van der Waals surface area contributed by atoms with Crippen LogP contribution in [-0.2, 0) is 0 Å². The standard InChI is InChI=1S/C16H10O10/c17-2-1-3(18)15-7(8(2)19)5-4-6(11(22)14(25)16(5)26-15)10(21)13(24)12(23)9(4)20/h1,17-25H. The highest BCUT2D eigenvalue weighted by Crippen LogP contribution is 2.59. The van der Waals surface area contributed by atoms with Gasteiger partial charge in [-0.3, -0.25) is 0 Å². The van der Waals surface area contributed by atoms with E-state index in [1.165, 1.54) is 0 Å². The van der Waals surface area contributed by atoms with Gasteiger partial charge >= 0.3 is 0 Å². The average Bonchev–Trinajstić information content (AvgIpc) is 3.00. The molecule has 0 radical (unpaired) electrons. The molecule has 0 aliphatic heterocycles. The zero-order valence-electron chi connectivity index (χ0n) is 12.5. The van der Waals surface area contributed by atoms with Crippen molar-refractivity contribution in [2.45, 2.75) is 0 Å². The van der Waals surface area contributed by atoms with E-state index in [-0.39, 0.29) is 10.8 Å². The summed E-state index contributed by atoms with van der Waals surface area (Å²) >= 11 is 0. The Kier molecular flexibility index (Phi) is 2.68. The van der Waals surface area contributed by atoms with Crippen LogP contribution in [0.1, 0.15) is 0 Å². The second-order valence-corrected chi connectivity index (χ2v) is 5.62. The molecule has 0 saturated heterocycles. The van der Waals surface area contributed by atoms with Crippen LogP contribution in [0, 0.1) is 0 Å². The Hall–Kier alpha value is -4.08. The lowest BCUT2D eigenvalue weighted by molar-refractivity contribution is 0.349. The Balaban J connectivity index is 2.51. The quantitative estimate of drug-likeness (QED) is 0.165. The number of fused-ring (bicyclic) bond motifs is 5. The van der Waals surface area contributed by atoms with E-state index in [9.17, 15) is 46.0 Å². The summed E-state index contributed by atoms with van der Waals surface area (Å²) in [6.45, 7) is 0. The number of hydrogen-bond acceptors (Lipinski definition) is 10. The monoisotopic (exact) mass is 362 g/mol. The fourth-order valence-corrected chi connectivity index (χ4v) is 3.03. The molecular weight excluding hydrogens is 352 g/mol. The average molecular weight is 362 g/mol. The molecule has 0 atom stereocenters. The van der Waals surface area contributed by atoms with Crippen LogP contribution in [0.25, 0.3) is 32.7 Å². The number of aromatic hydroxyl groups is 9. The van der Waals surface area contributed by atoms with Gasteiger partial charge < -0.3 is 50.4 Å². The molecule has 10 heteroatoms. The van der Waals surface area contributed by atoms with E-state index in [0.717, 1.165) is 6.07 Å². The van der Waals surface area contributed by atoms with Gasteiger partial charge in [-0.1, -0.05) is 0 Å². The molecule has 3 aromatic carbocycles. The van der Waals surface area contributed by atoms with Crippen molar-refractivity contribution in [2.24, 2.45) is 0 Å². The minimum Gasteiger partial charge on any atom is -0.504 e. The Bertz CT molecular complexity index is 1270. The van der Waals surface area contributed by atoms with Crippen molar-refractivity contribution in [1.29, 1.82) is 0 Å². The van der Waals surface area contributed by atoms with Gasteiger partial charge in [0.2, 0.25) is 17.2 Å². The largest absolute Gasteiger partial charge is 0.504 e. The molecule has 0 aliphatic carbocycles. The van der Waals surface area contributed by atoms with Crippen LogP contribution >= 0.6 is 0 Å². The first kappa shape index (κ1) is 15.4. The van der Waals surface area contributed by atoms with Gasteiger partial charge in [0.15, 0.2) is 45.7 Å². The number of furan rings is 1. The van der Waals surface area contributed by atoms with Crippen molar-refractivity contribution in [3.05, 3.63) is 6.07 Å². The first-order valence-corrected chi connectivity index (χ1v) is 7.00. The maximum Gasteiger partial charge on any atom is 0.205 e. The Labute approximate surface area is 141 Å². The van der Waals surface area contributed by atoms with Crippen molar-refractivity contribution in [2.75, 3.05) is 0 Å². The summed E-state index contributed by atoms with van der Waals surface area (Å²) in [5.74, 6) is -8.51. The third-order valence-electron chi connectivity index (χ3n) is 4.22. The molecule has 0 fully saturated rings. The number of phenolic OH excluding ortho intramolecular Hbond substituents is 9. The maximum absolute atomic E-state index is 10.2. The van der Waals surface area contributed by atoms with Crippen molar-refractivity contribution in [1.82, 2.24) is 0 Å². The second kappa shape index (κ2) is 4.51. The van der Waals surface area contributed by atoms with E-state index in [1.807, 2.05) is 0 Å². The molecule has 134 valence electrons. The summed E-state index contributed by atoms with van der Waals surface area (Å²) in [5.41, 5.74) is -0.940. The summed E-state index contributed by atoms with van der Waals surface area (Å²) in [5, 5.41) is 88.0. The molecule has 0 saturated carbocycles. The zero-order chi connectivity index (χ0) is 19.1. The van der Waals surface area contributed by atoms with Crippen molar-refractivity contribution < 1.29 is 50.4 Å². The van der Waals surface area contributed by atoms with Crippen LogP contribution in [0.15, 0.2) is 10.5 Å². The van der Waals surface area contributed by atoms with E-state index < -0.39 is 73.7 Å². The Morgan fingerprint density at radius 1 is 0.423 bits per heavy atom. The molecule has 0 bridgehead atoms. The lowest BCUT2D eigenvalue weighted by Gasteiger charge is -2.12. The summed E-state index contributed by atoms with van der Waals surface area (Å²) in [6, 6.07) is 0.764. The van der Waals surface area contributed by atoms with Gasteiger partial charge in [-0.15, -0.1) is 0 Å². The molecule has 26 heavy (non-hydrogen) atoms. The van der Waals surface area contributed by atoms with Gasteiger partial charge in [0.25, 0.3) is 0 Å². The summed E-state index contributed by atoms with van der Waals surface area (Å²) in [4.78, 5) is 0. The summed E-state index contributed by atoms with van der Waals surface area (Å²) < 4.78 is 5.24. The third kappa shape index (κ3) is 1.55. The van der Waals surface area contributed by atoms with Crippen LogP contribution in [-0.4, -0.2) is 46.0 Å². The first-order chi connectivity index (χ1) is 12.2. The Morgan fingerprint density at radius 3 is 1.58 bits per heavy atom. The SMILES string of the molecule is Oc1cc(O)c2oc3c(O)c(O)c4c(O)c(O)c(O)c(O)c4c3c2c1O. The molecular formula is C16H10O10. The van der Waals surface area contributed by atoms with E-state index in [0.29, 0.717) is 0 Å². The molecule has 1 aromatic heterocycles. The fourth-order valence-electron chi connectivity index (χ4n) is 3.03. The van der Waals surface area contributed by atoms with Gasteiger partial charge in [0, 0.05) is 16.8 Å². The molecule has 1 heterocycles. The Morgan fingerprint density at radius 2 is 0.962 bits per heavy atom. The molecule has 10 nitrogen and oxygen atoms in total. The van der Waals surface area contributed by atoms with Crippen LogP contribution in [0.3, 0.4) is 0 Å². The molecule has 0 spiro atoms. The molecule has 4 rings (SSSR count). The van der Waals surface area contributed by atoms with Crippen LogP contribution in [0.5, 0.6) is 51.7 Å². The van der Waals surface area contributed by atoms with E-state index in [4.69, 9.17) is 4.42 Å².